The third-order valence-electron chi connectivity index (χ3n) is 3.32. The molecule has 0 spiro atoms. The molecule has 0 amide bonds. The van der Waals surface area contributed by atoms with Crippen molar-refractivity contribution in [3.05, 3.63) is 59.2 Å². The van der Waals surface area contributed by atoms with Gasteiger partial charge in [-0.05, 0) is 43.5 Å². The molecule has 0 aliphatic heterocycles. The fourth-order valence-electron chi connectivity index (χ4n) is 2.29. The molecule has 3 aromatic rings. The Hall–Kier alpha value is -1.87. The van der Waals surface area contributed by atoms with Crippen LogP contribution in [0.1, 0.15) is 16.7 Å². The minimum absolute atomic E-state index is 0.919. The summed E-state index contributed by atoms with van der Waals surface area (Å²) in [6, 6.07) is 15.1. The van der Waals surface area contributed by atoms with Gasteiger partial charge >= 0.3 is 0 Å². The normalized spacial score (nSPS) is 10.9. The maximum Gasteiger partial charge on any atom is 0.183 e. The van der Waals surface area contributed by atoms with E-state index in [0.717, 1.165) is 23.6 Å². The molecule has 2 aromatic carbocycles. The fourth-order valence-corrected chi connectivity index (χ4v) is 3.17. The third kappa shape index (κ3) is 2.99. The number of hydrogen-bond acceptors (Lipinski definition) is 3. The summed E-state index contributed by atoms with van der Waals surface area (Å²) in [5.74, 6) is 0. The van der Waals surface area contributed by atoms with E-state index in [0.29, 0.717) is 0 Å². The summed E-state index contributed by atoms with van der Waals surface area (Å²) in [5.41, 5.74) is 5.04. The predicted molar refractivity (Wildman–Crippen MR) is 87.7 cm³/mol. The highest BCUT2D eigenvalue weighted by atomic mass is 32.1. The van der Waals surface area contributed by atoms with E-state index < -0.39 is 0 Å². The van der Waals surface area contributed by atoms with E-state index in [-0.39, 0.29) is 0 Å². The van der Waals surface area contributed by atoms with Crippen LogP contribution in [-0.2, 0) is 6.42 Å². The fraction of sp³-hybridized carbons (Fsp3) is 0.235. The first-order valence-corrected chi connectivity index (χ1v) is 7.69. The lowest BCUT2D eigenvalue weighted by Gasteiger charge is -2.03. The standard InChI is InChI=1S/C17H18N2S/c1-12-4-3-5-14(10-12)8-9-18-17-19-15-11-13(2)6-7-16(15)20-17/h3-7,10-11H,8-9H2,1-2H3,(H,18,19). The van der Waals surface area contributed by atoms with E-state index in [2.05, 4.69) is 66.6 Å². The Labute approximate surface area is 123 Å². The minimum atomic E-state index is 0.919. The van der Waals surface area contributed by atoms with Gasteiger partial charge in [0.1, 0.15) is 0 Å². The first-order valence-electron chi connectivity index (χ1n) is 6.87. The Morgan fingerprint density at radius 2 is 1.90 bits per heavy atom. The van der Waals surface area contributed by atoms with Crippen molar-refractivity contribution in [3.8, 4) is 0 Å². The molecule has 20 heavy (non-hydrogen) atoms. The molecule has 3 rings (SSSR count). The molecule has 0 radical (unpaired) electrons. The summed E-state index contributed by atoms with van der Waals surface area (Å²) in [4.78, 5) is 4.63. The highest BCUT2D eigenvalue weighted by Crippen LogP contribution is 2.26. The van der Waals surface area contributed by atoms with Gasteiger partial charge in [0.25, 0.3) is 0 Å². The van der Waals surface area contributed by atoms with Gasteiger partial charge in [-0.2, -0.15) is 0 Å². The second kappa shape index (κ2) is 5.63. The molecular weight excluding hydrogens is 264 g/mol. The zero-order chi connectivity index (χ0) is 13.9. The van der Waals surface area contributed by atoms with Gasteiger partial charge < -0.3 is 5.32 Å². The number of rotatable bonds is 4. The number of nitrogens with zero attached hydrogens (tertiary/aromatic N) is 1. The molecule has 2 nitrogen and oxygen atoms in total. The van der Waals surface area contributed by atoms with Crippen LogP contribution in [0.15, 0.2) is 42.5 Å². The average molecular weight is 282 g/mol. The molecule has 3 heteroatoms. The predicted octanol–water partition coefficient (Wildman–Crippen LogP) is 4.57. The molecule has 0 aliphatic carbocycles. The van der Waals surface area contributed by atoms with Crippen molar-refractivity contribution in [3.63, 3.8) is 0 Å². The summed E-state index contributed by atoms with van der Waals surface area (Å²) in [7, 11) is 0. The molecule has 0 atom stereocenters. The van der Waals surface area contributed by atoms with Crippen molar-refractivity contribution in [2.45, 2.75) is 20.3 Å². The molecule has 1 heterocycles. The lowest BCUT2D eigenvalue weighted by Crippen LogP contribution is -2.04. The van der Waals surface area contributed by atoms with Crippen LogP contribution >= 0.6 is 11.3 Å². The zero-order valence-corrected chi connectivity index (χ0v) is 12.6. The lowest BCUT2D eigenvalue weighted by atomic mass is 10.1. The largest absolute Gasteiger partial charge is 0.361 e. The van der Waals surface area contributed by atoms with Crippen molar-refractivity contribution in [1.29, 1.82) is 0 Å². The number of aromatic nitrogens is 1. The van der Waals surface area contributed by atoms with Gasteiger partial charge in [0.05, 0.1) is 10.2 Å². The van der Waals surface area contributed by atoms with Gasteiger partial charge in [-0.15, -0.1) is 0 Å². The van der Waals surface area contributed by atoms with Crippen LogP contribution in [0.4, 0.5) is 5.13 Å². The van der Waals surface area contributed by atoms with Crippen molar-refractivity contribution >= 4 is 26.7 Å². The van der Waals surface area contributed by atoms with Crippen molar-refractivity contribution < 1.29 is 0 Å². The Bertz CT molecular complexity index is 731. The highest BCUT2D eigenvalue weighted by molar-refractivity contribution is 7.22. The number of nitrogens with one attached hydrogen (secondary N) is 1. The Balaban J connectivity index is 1.65. The number of aryl methyl sites for hydroxylation is 2. The van der Waals surface area contributed by atoms with Crippen LogP contribution in [0.2, 0.25) is 0 Å². The second-order valence-corrected chi connectivity index (χ2v) is 6.19. The maximum absolute atomic E-state index is 4.63. The SMILES string of the molecule is Cc1cccc(CCNc2nc3cc(C)ccc3s2)c1. The van der Waals surface area contributed by atoms with Crippen LogP contribution in [0.3, 0.4) is 0 Å². The molecule has 0 saturated carbocycles. The van der Waals surface area contributed by atoms with Gasteiger partial charge in [0.2, 0.25) is 0 Å². The van der Waals surface area contributed by atoms with Crippen molar-refractivity contribution in [2.75, 3.05) is 11.9 Å². The third-order valence-corrected chi connectivity index (χ3v) is 4.31. The molecule has 1 N–H and O–H groups in total. The smallest absolute Gasteiger partial charge is 0.183 e. The van der Waals surface area contributed by atoms with E-state index in [1.807, 2.05) is 0 Å². The van der Waals surface area contributed by atoms with Gasteiger partial charge in [-0.3, -0.25) is 0 Å². The molecule has 0 fully saturated rings. The first-order chi connectivity index (χ1) is 9.70. The van der Waals surface area contributed by atoms with E-state index >= 15 is 0 Å². The Morgan fingerprint density at radius 3 is 2.75 bits per heavy atom. The van der Waals surface area contributed by atoms with Gasteiger partial charge in [-0.25, -0.2) is 4.98 Å². The van der Waals surface area contributed by atoms with Crippen molar-refractivity contribution in [2.24, 2.45) is 0 Å². The number of anilines is 1. The van der Waals surface area contributed by atoms with E-state index in [1.165, 1.54) is 21.4 Å². The molecule has 102 valence electrons. The zero-order valence-electron chi connectivity index (χ0n) is 11.8. The molecule has 0 bridgehead atoms. The van der Waals surface area contributed by atoms with E-state index in [4.69, 9.17) is 0 Å². The summed E-state index contributed by atoms with van der Waals surface area (Å²) in [6.07, 6.45) is 1.02. The Morgan fingerprint density at radius 1 is 1.05 bits per heavy atom. The molecular formula is C17H18N2S. The van der Waals surface area contributed by atoms with Crippen LogP contribution in [0.25, 0.3) is 10.2 Å². The second-order valence-electron chi connectivity index (χ2n) is 5.16. The first kappa shape index (κ1) is 13.1. The summed E-state index contributed by atoms with van der Waals surface area (Å²) < 4.78 is 1.24. The Kier molecular flexibility index (Phi) is 3.70. The molecule has 0 aliphatic rings. The average Bonchev–Trinajstić information content (AvgIpc) is 2.80. The summed E-state index contributed by atoms with van der Waals surface area (Å²) in [5, 5.41) is 4.44. The van der Waals surface area contributed by atoms with Crippen LogP contribution in [-0.4, -0.2) is 11.5 Å². The van der Waals surface area contributed by atoms with E-state index in [9.17, 15) is 0 Å². The number of hydrogen-bond donors (Lipinski definition) is 1. The lowest BCUT2D eigenvalue weighted by molar-refractivity contribution is 1.01. The van der Waals surface area contributed by atoms with Crippen LogP contribution < -0.4 is 5.32 Å². The minimum Gasteiger partial charge on any atom is -0.361 e. The molecule has 0 unspecified atom stereocenters. The van der Waals surface area contributed by atoms with E-state index in [1.54, 1.807) is 11.3 Å². The maximum atomic E-state index is 4.63. The molecule has 1 aromatic heterocycles. The van der Waals surface area contributed by atoms with Crippen LogP contribution in [0, 0.1) is 13.8 Å². The van der Waals surface area contributed by atoms with Crippen LogP contribution in [0.5, 0.6) is 0 Å². The van der Waals surface area contributed by atoms with Gasteiger partial charge in [0, 0.05) is 6.54 Å². The monoisotopic (exact) mass is 282 g/mol. The van der Waals surface area contributed by atoms with Crippen molar-refractivity contribution in [1.82, 2.24) is 4.98 Å². The number of thiazole rings is 1. The summed E-state index contributed by atoms with van der Waals surface area (Å²) >= 11 is 1.72. The summed E-state index contributed by atoms with van der Waals surface area (Å²) in [6.45, 7) is 5.15. The number of benzene rings is 2. The van der Waals surface area contributed by atoms with Gasteiger partial charge in [0.15, 0.2) is 5.13 Å². The topological polar surface area (TPSA) is 24.9 Å². The highest BCUT2D eigenvalue weighted by Gasteiger charge is 2.03. The van der Waals surface area contributed by atoms with Gasteiger partial charge in [-0.1, -0.05) is 47.2 Å². The molecule has 0 saturated heterocycles. The number of fused-ring (bicyclic) bond motifs is 1. The quantitative estimate of drug-likeness (QED) is 0.758.